The third-order valence-electron chi connectivity index (χ3n) is 3.28. The maximum absolute atomic E-state index is 12.4. The van der Waals surface area contributed by atoms with Crippen LogP contribution in [0.25, 0.3) is 0 Å². The number of piperidine rings is 1. The summed E-state index contributed by atoms with van der Waals surface area (Å²) in [4.78, 5) is 24.6. The minimum absolute atomic E-state index is 0.0340. The highest BCUT2D eigenvalue weighted by Gasteiger charge is 2.25. The lowest BCUT2D eigenvalue weighted by atomic mass is 10.1. The predicted molar refractivity (Wildman–Crippen MR) is 81.7 cm³/mol. The normalized spacial score (nSPS) is 16.1. The summed E-state index contributed by atoms with van der Waals surface area (Å²) in [5.41, 5.74) is 0.720. The van der Waals surface area contributed by atoms with E-state index in [1.165, 1.54) is 0 Å². The number of hydrogen-bond donors (Lipinski definition) is 1. The zero-order chi connectivity index (χ0) is 14.5. The molecule has 2 rings (SSSR count). The molecule has 0 unspecified atom stereocenters. The van der Waals surface area contributed by atoms with Gasteiger partial charge < -0.3 is 14.7 Å². The lowest BCUT2D eigenvalue weighted by Gasteiger charge is -2.31. The second kappa shape index (κ2) is 7.03. The number of carbonyl (C=O) groups is 2. The lowest BCUT2D eigenvalue weighted by molar-refractivity contribution is -0.145. The Bertz CT molecular complexity index is 498. The van der Waals surface area contributed by atoms with Gasteiger partial charge in [-0.25, -0.2) is 4.79 Å². The number of ether oxygens (including phenoxy) is 1. The first kappa shape index (κ1) is 15.2. The molecule has 0 spiro atoms. The van der Waals surface area contributed by atoms with Crippen molar-refractivity contribution >= 4 is 34.5 Å². The number of carbonyl (C=O) groups excluding carboxylic acids is 1. The van der Waals surface area contributed by atoms with Gasteiger partial charge in [0.1, 0.15) is 6.61 Å². The Kier molecular flexibility index (Phi) is 5.36. The maximum Gasteiger partial charge on any atom is 0.329 e. The smallest absolute Gasteiger partial charge is 0.329 e. The molecule has 1 fully saturated rings. The van der Waals surface area contributed by atoms with Crippen molar-refractivity contribution in [1.82, 2.24) is 4.90 Å². The van der Waals surface area contributed by atoms with Gasteiger partial charge in [-0.2, -0.15) is 0 Å². The van der Waals surface area contributed by atoms with Gasteiger partial charge in [0.05, 0.1) is 11.7 Å². The molecular weight excluding hydrogens is 373 g/mol. The van der Waals surface area contributed by atoms with E-state index in [9.17, 15) is 9.59 Å². The quantitative estimate of drug-likeness (QED) is 0.801. The van der Waals surface area contributed by atoms with E-state index < -0.39 is 5.97 Å². The second-order valence-corrected chi connectivity index (χ2v) is 5.84. The molecule has 1 heterocycles. The SMILES string of the molecule is O=C(O)COC1CCN(C(=O)c2ccccc2I)CC1. The Balaban J connectivity index is 1.89. The molecule has 108 valence electrons. The van der Waals surface area contributed by atoms with Crippen LogP contribution in [-0.2, 0) is 9.53 Å². The van der Waals surface area contributed by atoms with Crippen LogP contribution >= 0.6 is 22.6 Å². The minimum Gasteiger partial charge on any atom is -0.480 e. The maximum atomic E-state index is 12.4. The summed E-state index contributed by atoms with van der Waals surface area (Å²) in [5.74, 6) is -0.922. The van der Waals surface area contributed by atoms with Crippen molar-refractivity contribution in [3.8, 4) is 0 Å². The Labute approximate surface area is 131 Å². The number of nitrogens with zero attached hydrogens (tertiary/aromatic N) is 1. The third kappa shape index (κ3) is 3.92. The van der Waals surface area contributed by atoms with Gasteiger partial charge in [0, 0.05) is 16.7 Å². The fourth-order valence-electron chi connectivity index (χ4n) is 2.22. The highest BCUT2D eigenvalue weighted by Crippen LogP contribution is 2.19. The van der Waals surface area contributed by atoms with Crippen molar-refractivity contribution in [2.24, 2.45) is 0 Å². The van der Waals surface area contributed by atoms with Gasteiger partial charge >= 0.3 is 5.97 Å². The monoisotopic (exact) mass is 389 g/mol. The first-order valence-electron chi connectivity index (χ1n) is 6.45. The van der Waals surface area contributed by atoms with Gasteiger partial charge in [-0.1, -0.05) is 12.1 Å². The van der Waals surface area contributed by atoms with Crippen molar-refractivity contribution in [1.29, 1.82) is 0 Å². The van der Waals surface area contributed by atoms with E-state index in [1.54, 1.807) is 4.90 Å². The fourth-order valence-corrected chi connectivity index (χ4v) is 2.84. The molecule has 0 radical (unpaired) electrons. The van der Waals surface area contributed by atoms with E-state index >= 15 is 0 Å². The molecule has 1 aliphatic heterocycles. The molecule has 1 aromatic rings. The van der Waals surface area contributed by atoms with Crippen LogP contribution < -0.4 is 0 Å². The van der Waals surface area contributed by atoms with Crippen molar-refractivity contribution in [2.75, 3.05) is 19.7 Å². The van der Waals surface area contributed by atoms with E-state index in [0.29, 0.717) is 25.9 Å². The van der Waals surface area contributed by atoms with Crippen molar-refractivity contribution in [3.05, 3.63) is 33.4 Å². The Morgan fingerprint density at radius 3 is 2.55 bits per heavy atom. The molecule has 1 saturated heterocycles. The lowest BCUT2D eigenvalue weighted by Crippen LogP contribution is -2.41. The molecule has 0 atom stereocenters. The number of amides is 1. The predicted octanol–water partition coefficient (Wildman–Crippen LogP) is 2.00. The number of hydrogen-bond acceptors (Lipinski definition) is 3. The molecule has 1 N–H and O–H groups in total. The first-order valence-corrected chi connectivity index (χ1v) is 7.53. The fraction of sp³-hybridized carbons (Fsp3) is 0.429. The van der Waals surface area contributed by atoms with Gasteiger partial charge in [0.15, 0.2) is 0 Å². The van der Waals surface area contributed by atoms with Crippen molar-refractivity contribution in [3.63, 3.8) is 0 Å². The standard InChI is InChI=1S/C14H16INO4/c15-12-4-2-1-3-11(12)14(19)16-7-5-10(6-8-16)20-9-13(17)18/h1-4,10H,5-9H2,(H,17,18). The van der Waals surface area contributed by atoms with E-state index in [4.69, 9.17) is 9.84 Å². The number of halogens is 1. The first-order chi connectivity index (χ1) is 9.58. The van der Waals surface area contributed by atoms with Crippen molar-refractivity contribution < 1.29 is 19.4 Å². The summed E-state index contributed by atoms with van der Waals surface area (Å²) in [6.45, 7) is 0.942. The summed E-state index contributed by atoms with van der Waals surface area (Å²) in [6, 6.07) is 7.51. The molecule has 5 nitrogen and oxygen atoms in total. The van der Waals surface area contributed by atoms with Crippen LogP contribution in [0.2, 0.25) is 0 Å². The summed E-state index contributed by atoms with van der Waals surface area (Å²) in [5, 5.41) is 8.57. The number of likely N-dealkylation sites (tertiary alicyclic amines) is 1. The Morgan fingerprint density at radius 2 is 1.95 bits per heavy atom. The van der Waals surface area contributed by atoms with E-state index in [2.05, 4.69) is 22.6 Å². The zero-order valence-electron chi connectivity index (χ0n) is 10.9. The van der Waals surface area contributed by atoms with Gasteiger partial charge in [0.2, 0.25) is 0 Å². The molecule has 20 heavy (non-hydrogen) atoms. The third-order valence-corrected chi connectivity index (χ3v) is 4.22. The molecule has 1 aliphatic rings. The van der Waals surface area contributed by atoms with E-state index in [-0.39, 0.29) is 18.6 Å². The molecular formula is C14H16INO4. The zero-order valence-corrected chi connectivity index (χ0v) is 13.1. The molecule has 1 aromatic carbocycles. The van der Waals surface area contributed by atoms with E-state index in [1.807, 2.05) is 24.3 Å². The highest BCUT2D eigenvalue weighted by molar-refractivity contribution is 14.1. The van der Waals surface area contributed by atoms with Crippen LogP contribution in [0.5, 0.6) is 0 Å². The average molecular weight is 389 g/mol. The topological polar surface area (TPSA) is 66.8 Å². The Morgan fingerprint density at radius 1 is 1.30 bits per heavy atom. The molecule has 6 heteroatoms. The number of rotatable bonds is 4. The Hall–Kier alpha value is -1.15. The highest BCUT2D eigenvalue weighted by atomic mass is 127. The summed E-state index contributed by atoms with van der Waals surface area (Å²) >= 11 is 2.16. The van der Waals surface area contributed by atoms with Crippen LogP contribution in [-0.4, -0.2) is 47.7 Å². The van der Waals surface area contributed by atoms with Crippen molar-refractivity contribution in [2.45, 2.75) is 18.9 Å². The number of carboxylic acid groups (broad SMARTS) is 1. The van der Waals surface area contributed by atoms with Gasteiger partial charge in [0.25, 0.3) is 5.91 Å². The average Bonchev–Trinajstić information content (AvgIpc) is 2.45. The minimum atomic E-state index is -0.956. The largest absolute Gasteiger partial charge is 0.480 e. The number of carboxylic acids is 1. The molecule has 0 bridgehead atoms. The molecule has 0 aliphatic carbocycles. The van der Waals surface area contributed by atoms with Crippen LogP contribution in [0.4, 0.5) is 0 Å². The van der Waals surface area contributed by atoms with E-state index in [0.717, 1.165) is 9.13 Å². The summed E-state index contributed by atoms with van der Waals surface area (Å²) in [7, 11) is 0. The number of benzene rings is 1. The summed E-state index contributed by atoms with van der Waals surface area (Å²) in [6.07, 6.45) is 1.30. The molecule has 0 saturated carbocycles. The van der Waals surface area contributed by atoms with Gasteiger partial charge in [-0.05, 0) is 47.6 Å². The molecule has 0 aromatic heterocycles. The summed E-state index contributed by atoms with van der Waals surface area (Å²) < 4.78 is 6.21. The molecule has 1 amide bonds. The van der Waals surface area contributed by atoms with Crippen LogP contribution in [0.3, 0.4) is 0 Å². The van der Waals surface area contributed by atoms with Crippen LogP contribution in [0.15, 0.2) is 24.3 Å². The van der Waals surface area contributed by atoms with Gasteiger partial charge in [-0.15, -0.1) is 0 Å². The van der Waals surface area contributed by atoms with Gasteiger partial charge in [-0.3, -0.25) is 4.79 Å². The second-order valence-electron chi connectivity index (χ2n) is 4.68. The van der Waals surface area contributed by atoms with Crippen LogP contribution in [0.1, 0.15) is 23.2 Å². The number of aliphatic carboxylic acids is 1. The van der Waals surface area contributed by atoms with Crippen LogP contribution in [0, 0.1) is 3.57 Å².